The number of ketones is 1. The van der Waals surface area contributed by atoms with Gasteiger partial charge in [-0.2, -0.15) is 0 Å². The van der Waals surface area contributed by atoms with Crippen molar-refractivity contribution in [2.75, 3.05) is 0 Å². The molecule has 124 valence electrons. The first-order valence-electron chi connectivity index (χ1n) is 6.93. The number of allylic oxidation sites excluding steroid dienone is 1. The molecule has 0 saturated carbocycles. The number of rotatable bonds is 3. The number of halogens is 2. The van der Waals surface area contributed by atoms with Crippen LogP contribution in [0.3, 0.4) is 0 Å². The zero-order chi connectivity index (χ0) is 17.4. The molecule has 9 heteroatoms. The van der Waals surface area contributed by atoms with Gasteiger partial charge in [-0.25, -0.2) is 0 Å². The lowest BCUT2D eigenvalue weighted by Crippen LogP contribution is -2.11. The summed E-state index contributed by atoms with van der Waals surface area (Å²) in [6.07, 6.45) is 2.54. The summed E-state index contributed by atoms with van der Waals surface area (Å²) in [7, 11) is 0. The van der Waals surface area contributed by atoms with Gasteiger partial charge in [0.15, 0.2) is 5.78 Å². The van der Waals surface area contributed by atoms with Gasteiger partial charge < -0.3 is 5.11 Å². The van der Waals surface area contributed by atoms with Crippen LogP contribution in [0.25, 0.3) is 6.08 Å². The van der Waals surface area contributed by atoms with Crippen molar-refractivity contribution in [1.29, 1.82) is 5.41 Å². The van der Waals surface area contributed by atoms with Crippen LogP contribution in [0.15, 0.2) is 17.0 Å². The van der Waals surface area contributed by atoms with Crippen LogP contribution in [-0.4, -0.2) is 26.1 Å². The van der Waals surface area contributed by atoms with E-state index in [4.69, 9.17) is 5.41 Å². The molecule has 1 aromatic heterocycles. The molecule has 0 unspecified atom stereocenters. The molecule has 0 amide bonds. The summed E-state index contributed by atoms with van der Waals surface area (Å²) in [5, 5.41) is 27.9. The van der Waals surface area contributed by atoms with E-state index < -0.39 is 5.92 Å². The van der Waals surface area contributed by atoms with E-state index in [2.05, 4.69) is 55.4 Å². The van der Waals surface area contributed by atoms with Crippen molar-refractivity contribution in [2.45, 2.75) is 19.3 Å². The normalized spacial score (nSPS) is 19.5. The minimum Gasteiger partial charge on any atom is -0.506 e. The molecule has 0 aliphatic carbocycles. The zero-order valence-corrected chi connectivity index (χ0v) is 18.3. The average Bonchev–Trinajstić information content (AvgIpc) is 3.10. The first kappa shape index (κ1) is 18.3. The fourth-order valence-electron chi connectivity index (χ4n) is 2.16. The Hall–Kier alpha value is -0.530. The number of thioether (sulfide) groups is 1. The molecule has 5 nitrogen and oxygen atoms in total. The Morgan fingerprint density at radius 1 is 1.33 bits per heavy atom. The number of phenols is 1. The zero-order valence-electron chi connectivity index (χ0n) is 12.3. The van der Waals surface area contributed by atoms with Crippen molar-refractivity contribution < 1.29 is 9.90 Å². The minimum absolute atomic E-state index is 0.109. The topological polar surface area (TPSA) is 86.9 Å². The van der Waals surface area contributed by atoms with Gasteiger partial charge in [0, 0.05) is 0 Å². The monoisotopic (exact) mass is 583 g/mol. The van der Waals surface area contributed by atoms with Crippen LogP contribution in [0.5, 0.6) is 5.75 Å². The van der Waals surface area contributed by atoms with Gasteiger partial charge >= 0.3 is 0 Å². The molecular formula is C15H11I2N3O2S2. The molecular weight excluding hydrogens is 572 g/mol. The maximum Gasteiger partial charge on any atom is 0.186 e. The van der Waals surface area contributed by atoms with Crippen LogP contribution in [-0.2, 0) is 11.2 Å². The summed E-state index contributed by atoms with van der Waals surface area (Å²) in [5.41, 5.74) is 0.831. The Labute approximate surface area is 174 Å². The van der Waals surface area contributed by atoms with Gasteiger partial charge in [-0.1, -0.05) is 18.7 Å². The standard InChI is InChI=1S/C15H11I2N3O2S2/c1-2-10-19-20-15(24-10)11-13(22)9(23-14(11)18)5-6-3-7(16)12(21)8(17)4-6/h3-5,11,18,21H,2H2,1H3/b9-5-,18-14?/t11-/m0/s1. The van der Waals surface area contributed by atoms with E-state index in [1.54, 1.807) is 6.08 Å². The predicted octanol–water partition coefficient (Wildman–Crippen LogP) is 4.43. The number of hydrogen-bond donors (Lipinski definition) is 2. The van der Waals surface area contributed by atoms with Crippen LogP contribution < -0.4 is 0 Å². The van der Waals surface area contributed by atoms with E-state index in [1.165, 1.54) is 23.1 Å². The van der Waals surface area contributed by atoms with Crippen molar-refractivity contribution in [1.82, 2.24) is 10.2 Å². The largest absolute Gasteiger partial charge is 0.506 e. The number of aryl methyl sites for hydroxylation is 1. The Morgan fingerprint density at radius 2 is 2.00 bits per heavy atom. The van der Waals surface area contributed by atoms with Crippen molar-refractivity contribution in [3.05, 3.63) is 39.8 Å². The SMILES string of the molecule is CCc1nnc([C@@H]2C(=N)S/C(=C\c3cc(I)c(O)c(I)c3)C2=O)s1. The Morgan fingerprint density at radius 3 is 2.58 bits per heavy atom. The Kier molecular flexibility index (Phi) is 5.62. The van der Waals surface area contributed by atoms with Gasteiger partial charge in [-0.15, -0.1) is 21.5 Å². The summed E-state index contributed by atoms with van der Waals surface area (Å²) >= 11 is 6.68. The number of hydrogen-bond acceptors (Lipinski definition) is 7. The first-order valence-corrected chi connectivity index (χ1v) is 10.7. The van der Waals surface area contributed by atoms with E-state index >= 15 is 0 Å². The Bertz CT molecular complexity index is 856. The van der Waals surface area contributed by atoms with Crippen molar-refractivity contribution in [2.24, 2.45) is 0 Å². The quantitative estimate of drug-likeness (QED) is 0.413. The number of carbonyl (C=O) groups excluding carboxylic acids is 1. The highest BCUT2D eigenvalue weighted by Gasteiger charge is 2.39. The summed E-state index contributed by atoms with van der Waals surface area (Å²) in [6, 6.07) is 3.63. The molecule has 1 aliphatic heterocycles. The predicted molar refractivity (Wildman–Crippen MR) is 114 cm³/mol. The van der Waals surface area contributed by atoms with E-state index in [0.29, 0.717) is 9.91 Å². The van der Waals surface area contributed by atoms with Crippen molar-refractivity contribution in [3.63, 3.8) is 0 Å². The fraction of sp³-hybridized carbons (Fsp3) is 0.200. The van der Waals surface area contributed by atoms with E-state index in [-0.39, 0.29) is 16.6 Å². The number of nitrogens with one attached hydrogen (secondary N) is 1. The maximum atomic E-state index is 12.7. The van der Waals surface area contributed by atoms with Crippen molar-refractivity contribution in [3.8, 4) is 5.75 Å². The number of aromatic hydroxyl groups is 1. The maximum absolute atomic E-state index is 12.7. The second kappa shape index (κ2) is 7.38. The van der Waals surface area contributed by atoms with E-state index in [0.717, 1.165) is 24.1 Å². The highest BCUT2D eigenvalue weighted by atomic mass is 127. The molecule has 1 saturated heterocycles. The van der Waals surface area contributed by atoms with Crippen molar-refractivity contribution >= 4 is 85.2 Å². The number of nitrogens with zero attached hydrogens (tertiary/aromatic N) is 2. The average molecular weight is 583 g/mol. The van der Waals surface area contributed by atoms with Crippen LogP contribution in [0.2, 0.25) is 0 Å². The minimum atomic E-state index is -0.630. The molecule has 0 radical (unpaired) electrons. The number of aromatic nitrogens is 2. The van der Waals surface area contributed by atoms with Crippen LogP contribution in [0.1, 0.15) is 28.4 Å². The molecule has 2 N–H and O–H groups in total. The molecule has 2 aromatic rings. The third kappa shape index (κ3) is 3.53. The van der Waals surface area contributed by atoms with Gasteiger partial charge in [0.2, 0.25) is 0 Å². The number of benzene rings is 1. The molecule has 0 bridgehead atoms. The van der Waals surface area contributed by atoms with E-state index in [1.807, 2.05) is 19.1 Å². The third-order valence-corrected chi connectivity index (χ3v) is 7.13. The lowest BCUT2D eigenvalue weighted by molar-refractivity contribution is -0.114. The summed E-state index contributed by atoms with van der Waals surface area (Å²) < 4.78 is 1.45. The Balaban J connectivity index is 1.93. The number of carbonyl (C=O) groups is 1. The third-order valence-electron chi connectivity index (χ3n) is 3.36. The first-order chi connectivity index (χ1) is 11.4. The number of Topliss-reactive ketones (excluding diaryl/α,β-unsaturated/α-hetero) is 1. The van der Waals surface area contributed by atoms with Gasteiger partial charge in [-0.3, -0.25) is 10.2 Å². The van der Waals surface area contributed by atoms with Gasteiger partial charge in [0.25, 0.3) is 0 Å². The molecule has 1 aliphatic rings. The highest BCUT2D eigenvalue weighted by Crippen LogP contribution is 2.42. The van der Waals surface area contributed by atoms with Crippen LogP contribution >= 0.6 is 68.3 Å². The second-order valence-electron chi connectivity index (χ2n) is 4.99. The number of phenolic OH excluding ortho intramolecular Hbond substituents is 1. The second-order valence-corrected chi connectivity index (χ2v) is 9.49. The van der Waals surface area contributed by atoms with Crippen LogP contribution in [0.4, 0.5) is 0 Å². The lowest BCUT2D eigenvalue weighted by Gasteiger charge is -2.03. The smallest absolute Gasteiger partial charge is 0.186 e. The lowest BCUT2D eigenvalue weighted by atomic mass is 10.1. The van der Waals surface area contributed by atoms with E-state index in [9.17, 15) is 9.90 Å². The fourth-order valence-corrected chi connectivity index (χ4v) is 5.93. The molecule has 2 heterocycles. The molecule has 1 aromatic carbocycles. The van der Waals surface area contributed by atoms with Gasteiger partial charge in [-0.05, 0) is 75.4 Å². The molecule has 3 rings (SSSR count). The highest BCUT2D eigenvalue weighted by molar-refractivity contribution is 14.1. The summed E-state index contributed by atoms with van der Waals surface area (Å²) in [4.78, 5) is 13.2. The molecule has 1 fully saturated rings. The summed E-state index contributed by atoms with van der Waals surface area (Å²) in [6.45, 7) is 1.99. The van der Waals surface area contributed by atoms with Crippen LogP contribution in [0, 0.1) is 12.5 Å². The summed E-state index contributed by atoms with van der Waals surface area (Å²) in [5.74, 6) is -0.494. The molecule has 0 spiro atoms. The van der Waals surface area contributed by atoms with Gasteiger partial charge in [0.05, 0.1) is 17.1 Å². The van der Waals surface area contributed by atoms with Gasteiger partial charge in [0.1, 0.15) is 21.7 Å². The molecule has 1 atom stereocenters. The molecule has 24 heavy (non-hydrogen) atoms.